The van der Waals surface area contributed by atoms with Gasteiger partial charge in [-0.15, -0.1) is 0 Å². The van der Waals surface area contributed by atoms with E-state index in [-0.39, 0.29) is 50.6 Å². The number of halogens is 11. The molecule has 77 heavy (non-hydrogen) atoms. The largest absolute Gasteiger partial charge is 2.00 e. The van der Waals surface area contributed by atoms with E-state index in [1.54, 1.807) is 51.4 Å². The molecule has 0 bridgehead atoms. The van der Waals surface area contributed by atoms with Gasteiger partial charge in [0.05, 0.1) is 13.1 Å². The van der Waals surface area contributed by atoms with Gasteiger partial charge < -0.3 is 0 Å². The number of hydrogen-bond acceptors (Lipinski definition) is 0. The van der Waals surface area contributed by atoms with Gasteiger partial charge in [0.1, 0.15) is 11.4 Å². The van der Waals surface area contributed by atoms with E-state index in [2.05, 4.69) is 208 Å². The Bertz CT molecular complexity index is 2300. The molecule has 4 aliphatic carbocycles. The zero-order chi connectivity index (χ0) is 53.0. The summed E-state index contributed by atoms with van der Waals surface area (Å²) in [6.45, 7) is 2.02. The molecule has 0 atom stereocenters. The van der Waals surface area contributed by atoms with E-state index in [0.29, 0.717) is 11.8 Å². The molecule has 0 N–H and O–H groups in total. The van der Waals surface area contributed by atoms with Crippen LogP contribution in [0.2, 0.25) is 0 Å². The molecule has 6 aromatic carbocycles. The zero-order valence-electron chi connectivity index (χ0n) is 39.2. The maximum absolute atomic E-state index is 13.2. The molecular formula is C58H38ClF10Fe2N2Ni2P2+4. The van der Waals surface area contributed by atoms with Crippen molar-refractivity contribution in [1.29, 1.82) is 0 Å². The van der Waals surface area contributed by atoms with Crippen LogP contribution in [0.3, 0.4) is 0 Å². The second kappa shape index (κ2) is 36.0. The van der Waals surface area contributed by atoms with Gasteiger partial charge in [-0.05, 0) is 140 Å². The van der Waals surface area contributed by atoms with Gasteiger partial charge in [-0.1, -0.05) is 121 Å². The molecule has 2 nitrogen and oxygen atoms in total. The van der Waals surface area contributed by atoms with E-state index in [1.807, 2.05) is 0 Å². The summed E-state index contributed by atoms with van der Waals surface area (Å²) < 4.78 is 130. The first-order valence-corrected chi connectivity index (χ1v) is 25.9. The molecule has 6 aromatic rings. The minimum Gasteiger partial charge on any atom is 0 e. The van der Waals surface area contributed by atoms with Crippen LogP contribution in [0, 0.1) is 197 Å². The van der Waals surface area contributed by atoms with Crippen LogP contribution >= 0.6 is 26.0 Å². The Balaban J connectivity index is 0.000000264. The Kier molecular flexibility index (Phi) is 32.1. The zero-order valence-corrected chi connectivity index (χ0v) is 46.0. The van der Waals surface area contributed by atoms with E-state index in [0.717, 1.165) is 13.1 Å². The Morgan fingerprint density at radius 3 is 0.727 bits per heavy atom. The third kappa shape index (κ3) is 19.3. The first kappa shape index (κ1) is 68.7. The van der Waals surface area contributed by atoms with Crippen molar-refractivity contribution in [3.63, 3.8) is 0 Å². The molecule has 0 heterocycles. The van der Waals surface area contributed by atoms with Crippen LogP contribution < -0.4 is 31.9 Å². The van der Waals surface area contributed by atoms with E-state index in [4.69, 9.17) is 0 Å². The summed E-state index contributed by atoms with van der Waals surface area (Å²) in [6, 6.07) is 43.1. The molecule has 4 aliphatic rings. The molecule has 4 fully saturated rings. The van der Waals surface area contributed by atoms with Gasteiger partial charge in [-0.2, -0.15) is 0 Å². The summed E-state index contributed by atoms with van der Waals surface area (Å²) in [5.74, 6) is -19.3. The van der Waals surface area contributed by atoms with Crippen molar-refractivity contribution in [2.75, 3.05) is 0 Å². The minimum absolute atomic E-state index is 0. The maximum Gasteiger partial charge on any atom is 2.00 e. The molecule has 0 amide bonds. The topological polar surface area (TPSA) is 28.2 Å². The average molecular weight is 1280 g/mol. The number of nitrogens with zero attached hydrogens (tertiary/aromatic N) is 2. The molecule has 0 aliphatic heterocycles. The third-order valence-electron chi connectivity index (χ3n) is 10.3. The van der Waals surface area contributed by atoms with Crippen molar-refractivity contribution in [3.8, 4) is 0 Å². The van der Waals surface area contributed by atoms with Crippen molar-refractivity contribution in [2.45, 2.75) is 0 Å². The van der Waals surface area contributed by atoms with Crippen LogP contribution in [0.1, 0.15) is 0 Å². The first-order valence-electron chi connectivity index (χ1n) is 21.8. The van der Waals surface area contributed by atoms with Crippen LogP contribution in [0.25, 0.3) is 0 Å². The molecule has 24 radical (unpaired) electrons. The van der Waals surface area contributed by atoms with Crippen molar-refractivity contribution in [2.24, 2.45) is 0 Å². The molecule has 0 unspecified atom stereocenters. The predicted molar refractivity (Wildman–Crippen MR) is 270 cm³/mol. The molecule has 0 saturated heterocycles. The van der Waals surface area contributed by atoms with Crippen molar-refractivity contribution in [3.05, 3.63) is 318 Å². The Morgan fingerprint density at radius 1 is 0.312 bits per heavy atom. The van der Waals surface area contributed by atoms with Gasteiger partial charge in [0.25, 0.3) is 0 Å². The van der Waals surface area contributed by atoms with Crippen LogP contribution in [0.15, 0.2) is 121 Å². The fraction of sp³-hybridized carbons (Fsp3) is 0. The fourth-order valence-electron chi connectivity index (χ4n) is 6.87. The standard InChI is InChI=1S/2C17H14P.2C12H5F5N.ClH.2Fe.2Ni/c2*1-3-9-15(10-4-1)18(17-13-7-8-14-17)16-11-5-2-6-12-16;2*13-7-8(14)10(16)12(11(17)9(7)15)18-5-6-3-1-2-4-6;;;;;/h2*1-14H;2*1-5H;1H;;;;/q;;;;;2*+2;;+1/p-1. The summed E-state index contributed by atoms with van der Waals surface area (Å²) >= 11 is 3.35. The maximum atomic E-state index is 13.2. The predicted octanol–water partition coefficient (Wildman–Crippen LogP) is 14.0. The van der Waals surface area contributed by atoms with Crippen LogP contribution in [0.5, 0.6) is 0 Å². The van der Waals surface area contributed by atoms with Gasteiger partial charge >= 0.3 is 58.9 Å². The van der Waals surface area contributed by atoms with E-state index in [1.165, 1.54) is 32.5 Å². The van der Waals surface area contributed by atoms with E-state index >= 15 is 0 Å². The monoisotopic (exact) mass is 1280 g/mol. The molecule has 10 rings (SSSR count). The Morgan fingerprint density at radius 2 is 0.506 bits per heavy atom. The molecular weight excluding hydrogens is 1240 g/mol. The minimum atomic E-state index is -2.20. The third-order valence-corrected chi connectivity index (χ3v) is 15.2. The normalized spacial score (nSPS) is 15.3. The second-order valence-corrected chi connectivity index (χ2v) is 19.5. The second-order valence-electron chi connectivity index (χ2n) is 15.1. The quantitative estimate of drug-likeness (QED) is 0.0384. The van der Waals surface area contributed by atoms with E-state index < -0.39 is 85.4 Å². The summed E-state index contributed by atoms with van der Waals surface area (Å²) in [5, 5.41) is 12.2. The fourth-order valence-corrected chi connectivity index (χ4v) is 11.5. The summed E-state index contributed by atoms with van der Waals surface area (Å²) in [7, 11) is 3.45. The Labute approximate surface area is 493 Å². The smallest absolute Gasteiger partial charge is 0 e. The molecule has 399 valence electrons. The summed E-state index contributed by atoms with van der Waals surface area (Å²) in [5.41, 5.74) is 0.435. The SMILES string of the molecule is Fc1c(F)c(F)c([N][CH][C]2[CH][CH][CH][CH]2)c(F)c1F.Fc1c(F)c(F)c([N][CH][C]2[CH][CH][CH][CH]2)c(F)c1F.[CH]1[CH][CH][C](P(c2ccccc2)c2ccccc2)[CH]1.[CH]1[CH][CH][C](P(c2ccccc2)c2ccccc2)[CH]1.[Cl][Ni].[Fe+2].[Fe+2].[Ni]. The first-order chi connectivity index (χ1) is 35.9. The Hall–Kier alpha value is -2.60. The van der Waals surface area contributed by atoms with Crippen LogP contribution in [-0.4, -0.2) is 0 Å². The van der Waals surface area contributed by atoms with Crippen LogP contribution in [-0.2, 0) is 65.2 Å². The van der Waals surface area contributed by atoms with Gasteiger partial charge in [0, 0.05) is 39.6 Å². The van der Waals surface area contributed by atoms with Crippen molar-refractivity contribution >= 4 is 58.6 Å². The number of hydrogen-bond donors (Lipinski definition) is 0. The molecule has 19 heteroatoms. The average Bonchev–Trinajstić information content (AvgIpc) is 4.33. The van der Waals surface area contributed by atoms with Gasteiger partial charge in [-0.25, -0.2) is 43.9 Å². The van der Waals surface area contributed by atoms with Crippen molar-refractivity contribution < 1.29 is 109 Å². The van der Waals surface area contributed by atoms with E-state index in [9.17, 15) is 43.9 Å². The van der Waals surface area contributed by atoms with Gasteiger partial charge in [-0.3, -0.25) is 10.6 Å². The van der Waals surface area contributed by atoms with Gasteiger partial charge in [0.15, 0.2) is 46.5 Å². The van der Waals surface area contributed by atoms with Crippen LogP contribution in [0.4, 0.5) is 55.3 Å². The van der Waals surface area contributed by atoms with Crippen molar-refractivity contribution in [1.82, 2.24) is 10.6 Å². The molecule has 0 aromatic heterocycles. The molecule has 4 saturated carbocycles. The molecule has 0 spiro atoms. The number of benzene rings is 6. The summed E-state index contributed by atoms with van der Waals surface area (Å²) in [6.07, 6.45) is 30.2. The number of rotatable bonds is 12. The summed E-state index contributed by atoms with van der Waals surface area (Å²) in [4.78, 5) is 0. The van der Waals surface area contributed by atoms with Gasteiger partial charge in [0.2, 0.25) is 11.6 Å².